The number of carbonyl (C=O) groups is 2. The Bertz CT molecular complexity index is 1200. The van der Waals surface area contributed by atoms with Gasteiger partial charge in [-0.2, -0.15) is 0 Å². The van der Waals surface area contributed by atoms with Crippen molar-refractivity contribution >= 4 is 17.6 Å². The molecule has 0 saturated heterocycles. The number of amides is 2. The van der Waals surface area contributed by atoms with Crippen molar-refractivity contribution in [3.8, 4) is 11.5 Å². The summed E-state index contributed by atoms with van der Waals surface area (Å²) in [4.78, 5) is 33.3. The normalized spacial score (nSPS) is 18.8. The average Bonchev–Trinajstić information content (AvgIpc) is 2.84. The standard InChI is InChI=1S/C25H23N3O4/c1-31-19-13-17-18(14-20(19)32-2)25(30)28-12-10-15-7-3-4-8-16(15)23(28)22(17)24(29)27-21-9-5-6-11-26-21/h3-9,11,13-14,22-23H,10,12H2,1-2H3,(H,26,27,29). The van der Waals surface area contributed by atoms with E-state index in [0.717, 1.165) is 17.5 Å². The van der Waals surface area contributed by atoms with Crippen molar-refractivity contribution in [2.75, 3.05) is 26.1 Å². The lowest BCUT2D eigenvalue weighted by Gasteiger charge is -2.45. The SMILES string of the molecule is COc1cc2c(cc1OC)C(C(=O)Nc1ccccn1)C1c3ccccc3CCN1C2=O. The van der Waals surface area contributed by atoms with Gasteiger partial charge < -0.3 is 19.7 Å². The van der Waals surface area contributed by atoms with E-state index in [1.807, 2.05) is 24.3 Å². The van der Waals surface area contributed by atoms with E-state index < -0.39 is 12.0 Å². The fraction of sp³-hybridized carbons (Fsp3) is 0.240. The maximum Gasteiger partial charge on any atom is 0.254 e. The van der Waals surface area contributed by atoms with Gasteiger partial charge in [0.1, 0.15) is 5.82 Å². The van der Waals surface area contributed by atoms with Crippen LogP contribution in [0, 0.1) is 0 Å². The van der Waals surface area contributed by atoms with Gasteiger partial charge in [-0.05, 0) is 47.4 Å². The number of anilines is 1. The van der Waals surface area contributed by atoms with Crippen molar-refractivity contribution in [3.05, 3.63) is 83.0 Å². The lowest BCUT2D eigenvalue weighted by atomic mass is 9.75. The zero-order valence-electron chi connectivity index (χ0n) is 17.9. The van der Waals surface area contributed by atoms with Gasteiger partial charge >= 0.3 is 0 Å². The molecule has 2 aliphatic heterocycles. The number of methoxy groups -OCH3 is 2. The van der Waals surface area contributed by atoms with Crippen LogP contribution in [0.3, 0.4) is 0 Å². The summed E-state index contributed by atoms with van der Waals surface area (Å²) in [5.74, 6) is 0.434. The molecule has 7 nitrogen and oxygen atoms in total. The maximum atomic E-state index is 13.7. The Balaban J connectivity index is 1.69. The fourth-order valence-electron chi connectivity index (χ4n) is 4.77. The highest BCUT2D eigenvalue weighted by molar-refractivity contribution is 6.05. The summed E-state index contributed by atoms with van der Waals surface area (Å²) in [5.41, 5.74) is 3.23. The zero-order chi connectivity index (χ0) is 22.2. The van der Waals surface area contributed by atoms with E-state index in [9.17, 15) is 9.59 Å². The molecule has 2 aromatic carbocycles. The monoisotopic (exact) mass is 429 g/mol. The van der Waals surface area contributed by atoms with Crippen LogP contribution in [0.25, 0.3) is 0 Å². The van der Waals surface area contributed by atoms with Gasteiger partial charge in [0, 0.05) is 18.3 Å². The number of ether oxygens (including phenoxy) is 2. The number of aromatic nitrogens is 1. The van der Waals surface area contributed by atoms with Gasteiger partial charge in [0.2, 0.25) is 5.91 Å². The van der Waals surface area contributed by atoms with E-state index in [4.69, 9.17) is 9.47 Å². The van der Waals surface area contributed by atoms with Gasteiger partial charge in [0.15, 0.2) is 11.5 Å². The topological polar surface area (TPSA) is 80.8 Å². The smallest absolute Gasteiger partial charge is 0.254 e. The Labute approximate surface area is 186 Å². The van der Waals surface area contributed by atoms with Crippen molar-refractivity contribution in [2.24, 2.45) is 0 Å². The molecule has 162 valence electrons. The van der Waals surface area contributed by atoms with Crippen LogP contribution in [0.1, 0.15) is 39.0 Å². The second-order valence-electron chi connectivity index (χ2n) is 7.87. The number of pyridine rings is 1. The van der Waals surface area contributed by atoms with E-state index in [2.05, 4.69) is 16.4 Å². The minimum atomic E-state index is -0.633. The molecular weight excluding hydrogens is 406 g/mol. The summed E-state index contributed by atoms with van der Waals surface area (Å²) in [6.45, 7) is 0.543. The van der Waals surface area contributed by atoms with Crippen LogP contribution in [-0.2, 0) is 11.2 Å². The summed E-state index contributed by atoms with van der Waals surface area (Å²) in [5, 5.41) is 2.94. The molecule has 0 saturated carbocycles. The molecule has 3 aromatic rings. The summed E-state index contributed by atoms with van der Waals surface area (Å²) >= 11 is 0. The largest absolute Gasteiger partial charge is 0.493 e. The zero-order valence-corrected chi connectivity index (χ0v) is 17.9. The third-order valence-electron chi connectivity index (χ3n) is 6.23. The maximum absolute atomic E-state index is 13.7. The quantitative estimate of drug-likeness (QED) is 0.686. The molecule has 2 amide bonds. The number of nitrogens with zero attached hydrogens (tertiary/aromatic N) is 2. The van der Waals surface area contributed by atoms with Crippen LogP contribution in [0.15, 0.2) is 60.8 Å². The first kappa shape index (κ1) is 20.1. The summed E-state index contributed by atoms with van der Waals surface area (Å²) in [6, 6.07) is 16.4. The minimum absolute atomic E-state index is 0.109. The van der Waals surface area contributed by atoms with Crippen molar-refractivity contribution in [2.45, 2.75) is 18.4 Å². The third kappa shape index (κ3) is 3.17. The van der Waals surface area contributed by atoms with E-state index >= 15 is 0 Å². The molecule has 0 radical (unpaired) electrons. The van der Waals surface area contributed by atoms with Gasteiger partial charge in [0.05, 0.1) is 26.2 Å². The van der Waals surface area contributed by atoms with Crippen LogP contribution in [0.2, 0.25) is 0 Å². The number of carbonyl (C=O) groups excluding carboxylic acids is 2. The van der Waals surface area contributed by atoms with E-state index in [-0.39, 0.29) is 11.8 Å². The molecule has 0 fully saturated rings. The highest BCUT2D eigenvalue weighted by atomic mass is 16.5. The summed E-state index contributed by atoms with van der Waals surface area (Å²) in [6.07, 6.45) is 2.37. The first-order valence-electron chi connectivity index (χ1n) is 10.5. The molecule has 32 heavy (non-hydrogen) atoms. The summed E-state index contributed by atoms with van der Waals surface area (Å²) in [7, 11) is 3.07. The molecule has 2 aliphatic rings. The molecule has 0 spiro atoms. The Morgan fingerprint density at radius 3 is 2.53 bits per heavy atom. The van der Waals surface area contributed by atoms with Crippen molar-refractivity contribution in [1.29, 1.82) is 0 Å². The summed E-state index contributed by atoms with van der Waals surface area (Å²) < 4.78 is 10.9. The van der Waals surface area contributed by atoms with Gasteiger partial charge in [-0.1, -0.05) is 30.3 Å². The van der Waals surface area contributed by atoms with Crippen LogP contribution < -0.4 is 14.8 Å². The van der Waals surface area contributed by atoms with Crippen molar-refractivity contribution in [1.82, 2.24) is 9.88 Å². The lowest BCUT2D eigenvalue weighted by Crippen LogP contribution is -2.49. The third-order valence-corrected chi connectivity index (χ3v) is 6.23. The van der Waals surface area contributed by atoms with Crippen LogP contribution >= 0.6 is 0 Å². The van der Waals surface area contributed by atoms with E-state index in [0.29, 0.717) is 35.0 Å². The van der Waals surface area contributed by atoms with E-state index in [1.54, 1.807) is 42.5 Å². The second-order valence-corrected chi connectivity index (χ2v) is 7.87. The minimum Gasteiger partial charge on any atom is -0.493 e. The molecule has 5 rings (SSSR count). The molecule has 2 unspecified atom stereocenters. The Morgan fingerprint density at radius 2 is 1.78 bits per heavy atom. The predicted octanol–water partition coefficient (Wildman–Crippen LogP) is 3.57. The Kier molecular flexibility index (Phi) is 5.01. The molecule has 1 aromatic heterocycles. The van der Waals surface area contributed by atoms with Crippen molar-refractivity contribution < 1.29 is 19.1 Å². The number of nitrogens with one attached hydrogen (secondary N) is 1. The van der Waals surface area contributed by atoms with Gasteiger partial charge in [-0.25, -0.2) is 4.98 Å². The fourth-order valence-corrected chi connectivity index (χ4v) is 4.77. The first-order valence-corrected chi connectivity index (χ1v) is 10.5. The van der Waals surface area contributed by atoms with Gasteiger partial charge in [-0.15, -0.1) is 0 Å². The van der Waals surface area contributed by atoms with E-state index in [1.165, 1.54) is 7.11 Å². The van der Waals surface area contributed by atoms with Crippen LogP contribution in [0.4, 0.5) is 5.82 Å². The molecule has 2 atom stereocenters. The Morgan fingerprint density at radius 1 is 1.03 bits per heavy atom. The highest BCUT2D eigenvalue weighted by Gasteiger charge is 2.47. The Hall–Kier alpha value is -3.87. The van der Waals surface area contributed by atoms with Gasteiger partial charge in [-0.3, -0.25) is 9.59 Å². The first-order chi connectivity index (χ1) is 15.6. The predicted molar refractivity (Wildman–Crippen MR) is 119 cm³/mol. The highest BCUT2D eigenvalue weighted by Crippen LogP contribution is 2.48. The molecule has 1 N–H and O–H groups in total. The molecular formula is C25H23N3O4. The number of hydrogen-bond acceptors (Lipinski definition) is 5. The number of fused-ring (bicyclic) bond motifs is 4. The average molecular weight is 429 g/mol. The molecule has 0 aliphatic carbocycles. The molecule has 7 heteroatoms. The molecule has 3 heterocycles. The number of benzene rings is 2. The van der Waals surface area contributed by atoms with Crippen LogP contribution in [0.5, 0.6) is 11.5 Å². The lowest BCUT2D eigenvalue weighted by molar-refractivity contribution is -0.119. The van der Waals surface area contributed by atoms with Crippen molar-refractivity contribution in [3.63, 3.8) is 0 Å². The van der Waals surface area contributed by atoms with Gasteiger partial charge in [0.25, 0.3) is 5.91 Å². The number of rotatable bonds is 4. The number of hydrogen-bond donors (Lipinski definition) is 1. The molecule has 0 bridgehead atoms. The van der Waals surface area contributed by atoms with Crippen LogP contribution in [-0.4, -0.2) is 42.5 Å². The second kappa shape index (κ2) is 8.00.